The molecule has 0 aliphatic carbocycles. The summed E-state index contributed by atoms with van der Waals surface area (Å²) in [6.07, 6.45) is 6.27. The molecule has 19 heavy (non-hydrogen) atoms. The van der Waals surface area contributed by atoms with Gasteiger partial charge in [0, 0.05) is 23.5 Å². The number of rotatable bonds is 3. The van der Waals surface area contributed by atoms with Crippen molar-refractivity contribution in [2.45, 2.75) is 18.8 Å². The maximum Gasteiger partial charge on any atom is 0.119 e. The molecule has 0 bridgehead atoms. The zero-order valence-electron chi connectivity index (χ0n) is 11.2. The number of imidazole rings is 1. The highest BCUT2D eigenvalue weighted by Crippen LogP contribution is 2.27. The van der Waals surface area contributed by atoms with Gasteiger partial charge >= 0.3 is 0 Å². The number of aromatic nitrogens is 2. The van der Waals surface area contributed by atoms with Gasteiger partial charge in [0.25, 0.3) is 0 Å². The molecule has 3 rings (SSSR count). The van der Waals surface area contributed by atoms with Crippen molar-refractivity contribution in [2.75, 3.05) is 20.2 Å². The summed E-state index contributed by atoms with van der Waals surface area (Å²) in [6.45, 7) is 2.19. The fourth-order valence-electron chi connectivity index (χ4n) is 2.68. The molecule has 2 aromatic rings. The summed E-state index contributed by atoms with van der Waals surface area (Å²) in [5.74, 6) is 1.48. The molecule has 2 heterocycles. The average molecular weight is 257 g/mol. The molecule has 0 amide bonds. The normalized spacial score (nSPS) is 16.5. The number of hydrogen-bond acceptors (Lipinski definition) is 3. The van der Waals surface area contributed by atoms with Crippen molar-refractivity contribution < 1.29 is 4.74 Å². The third-order valence-electron chi connectivity index (χ3n) is 3.78. The Morgan fingerprint density at radius 1 is 1.21 bits per heavy atom. The first-order valence-electron chi connectivity index (χ1n) is 6.76. The topological polar surface area (TPSA) is 39.1 Å². The van der Waals surface area contributed by atoms with Gasteiger partial charge in [-0.15, -0.1) is 0 Å². The van der Waals surface area contributed by atoms with E-state index in [1.54, 1.807) is 7.11 Å². The van der Waals surface area contributed by atoms with E-state index in [0.29, 0.717) is 5.92 Å². The number of benzene rings is 1. The summed E-state index contributed by atoms with van der Waals surface area (Å²) >= 11 is 0. The molecule has 1 N–H and O–H groups in total. The SMILES string of the molecule is COc1ccc(-n2cncc2C2CCNCC2)cc1. The van der Waals surface area contributed by atoms with Crippen LogP contribution in [-0.2, 0) is 0 Å². The standard InChI is InChI=1S/C15H19N3O/c1-19-14-4-2-13(3-5-14)18-11-17-10-15(18)12-6-8-16-9-7-12/h2-5,10-12,16H,6-9H2,1H3. The summed E-state index contributed by atoms with van der Waals surface area (Å²) in [5, 5.41) is 3.40. The highest BCUT2D eigenvalue weighted by molar-refractivity contribution is 5.39. The molecule has 1 aromatic heterocycles. The first kappa shape index (κ1) is 12.2. The minimum Gasteiger partial charge on any atom is -0.497 e. The van der Waals surface area contributed by atoms with Crippen LogP contribution in [0.5, 0.6) is 5.75 Å². The summed E-state index contributed by atoms with van der Waals surface area (Å²) in [6, 6.07) is 8.12. The first-order chi connectivity index (χ1) is 9.38. The van der Waals surface area contributed by atoms with Crippen molar-refractivity contribution in [2.24, 2.45) is 0 Å². The molecular formula is C15H19N3O. The highest BCUT2D eigenvalue weighted by Gasteiger charge is 2.19. The largest absolute Gasteiger partial charge is 0.497 e. The van der Waals surface area contributed by atoms with E-state index in [0.717, 1.165) is 24.5 Å². The molecule has 1 aliphatic heterocycles. The molecular weight excluding hydrogens is 238 g/mol. The minimum absolute atomic E-state index is 0.603. The second-order valence-electron chi connectivity index (χ2n) is 4.91. The Hall–Kier alpha value is -1.81. The van der Waals surface area contributed by atoms with Crippen molar-refractivity contribution in [3.63, 3.8) is 0 Å². The summed E-state index contributed by atoms with van der Waals surface area (Å²) in [4.78, 5) is 4.33. The van der Waals surface area contributed by atoms with Crippen molar-refractivity contribution >= 4 is 0 Å². The van der Waals surface area contributed by atoms with E-state index in [4.69, 9.17) is 4.74 Å². The van der Waals surface area contributed by atoms with Crippen molar-refractivity contribution in [1.82, 2.24) is 14.9 Å². The Labute approximate surface area is 113 Å². The Bertz CT molecular complexity index is 527. The van der Waals surface area contributed by atoms with Crippen molar-refractivity contribution in [3.8, 4) is 11.4 Å². The van der Waals surface area contributed by atoms with Gasteiger partial charge in [0.05, 0.1) is 13.4 Å². The zero-order valence-corrected chi connectivity index (χ0v) is 11.2. The van der Waals surface area contributed by atoms with Crippen molar-refractivity contribution in [3.05, 3.63) is 42.5 Å². The van der Waals surface area contributed by atoms with Crippen LogP contribution in [0.4, 0.5) is 0 Å². The molecule has 0 unspecified atom stereocenters. The summed E-state index contributed by atoms with van der Waals surface area (Å²) in [7, 11) is 1.69. The van der Waals surface area contributed by atoms with Crippen LogP contribution in [0, 0.1) is 0 Å². The molecule has 0 radical (unpaired) electrons. The number of nitrogens with one attached hydrogen (secondary N) is 1. The lowest BCUT2D eigenvalue weighted by molar-refractivity contribution is 0.414. The van der Waals surface area contributed by atoms with Crippen LogP contribution in [-0.4, -0.2) is 29.8 Å². The number of hydrogen-bond donors (Lipinski definition) is 1. The van der Waals surface area contributed by atoms with Gasteiger partial charge < -0.3 is 14.6 Å². The van der Waals surface area contributed by atoms with Gasteiger partial charge in [-0.05, 0) is 50.2 Å². The van der Waals surface area contributed by atoms with Crippen molar-refractivity contribution in [1.29, 1.82) is 0 Å². The lowest BCUT2D eigenvalue weighted by Crippen LogP contribution is -2.27. The van der Waals surface area contributed by atoms with E-state index < -0.39 is 0 Å². The Balaban J connectivity index is 1.89. The lowest BCUT2D eigenvalue weighted by atomic mass is 9.95. The second-order valence-corrected chi connectivity index (χ2v) is 4.91. The van der Waals surface area contributed by atoms with E-state index in [9.17, 15) is 0 Å². The second kappa shape index (κ2) is 5.45. The maximum atomic E-state index is 5.20. The molecule has 100 valence electrons. The fourth-order valence-corrected chi connectivity index (χ4v) is 2.68. The van der Waals surface area contributed by atoms with Gasteiger partial charge in [-0.25, -0.2) is 4.98 Å². The van der Waals surface area contributed by atoms with Gasteiger partial charge in [0.15, 0.2) is 0 Å². The van der Waals surface area contributed by atoms with E-state index >= 15 is 0 Å². The smallest absolute Gasteiger partial charge is 0.119 e. The van der Waals surface area contributed by atoms with Crippen LogP contribution in [0.3, 0.4) is 0 Å². The molecule has 0 saturated carbocycles. The maximum absolute atomic E-state index is 5.20. The first-order valence-corrected chi connectivity index (χ1v) is 6.76. The molecule has 1 aromatic carbocycles. The summed E-state index contributed by atoms with van der Waals surface area (Å²) < 4.78 is 7.39. The number of nitrogens with zero attached hydrogens (tertiary/aromatic N) is 2. The van der Waals surface area contributed by atoms with E-state index in [2.05, 4.69) is 27.0 Å². The molecule has 0 spiro atoms. The summed E-state index contributed by atoms with van der Waals surface area (Å²) in [5.41, 5.74) is 2.46. The van der Waals surface area contributed by atoms with E-state index in [1.165, 1.54) is 18.5 Å². The van der Waals surface area contributed by atoms with Crippen LogP contribution in [0.25, 0.3) is 5.69 Å². The molecule has 4 nitrogen and oxygen atoms in total. The van der Waals surface area contributed by atoms with Crippen LogP contribution >= 0.6 is 0 Å². The average Bonchev–Trinajstić information content (AvgIpc) is 2.98. The van der Waals surface area contributed by atoms with Gasteiger partial charge in [-0.1, -0.05) is 0 Å². The number of piperidine rings is 1. The third-order valence-corrected chi connectivity index (χ3v) is 3.78. The van der Waals surface area contributed by atoms with Crippen LogP contribution < -0.4 is 10.1 Å². The highest BCUT2D eigenvalue weighted by atomic mass is 16.5. The van der Waals surface area contributed by atoms with Gasteiger partial charge in [-0.2, -0.15) is 0 Å². The molecule has 4 heteroatoms. The predicted molar refractivity (Wildman–Crippen MR) is 75.0 cm³/mol. The number of ether oxygens (including phenoxy) is 1. The molecule has 1 saturated heterocycles. The minimum atomic E-state index is 0.603. The quantitative estimate of drug-likeness (QED) is 0.917. The number of methoxy groups -OCH3 is 1. The van der Waals surface area contributed by atoms with Gasteiger partial charge in [0.1, 0.15) is 5.75 Å². The Morgan fingerprint density at radius 2 is 1.95 bits per heavy atom. The predicted octanol–water partition coefficient (Wildman–Crippen LogP) is 2.35. The lowest BCUT2D eigenvalue weighted by Gasteiger charge is -2.23. The van der Waals surface area contributed by atoms with E-state index in [-0.39, 0.29) is 0 Å². The Kier molecular flexibility index (Phi) is 3.51. The molecule has 0 atom stereocenters. The van der Waals surface area contributed by atoms with Gasteiger partial charge in [0.2, 0.25) is 0 Å². The van der Waals surface area contributed by atoms with Crippen LogP contribution in [0.15, 0.2) is 36.8 Å². The van der Waals surface area contributed by atoms with E-state index in [1.807, 2.05) is 24.7 Å². The monoisotopic (exact) mass is 257 g/mol. The van der Waals surface area contributed by atoms with Crippen LogP contribution in [0.1, 0.15) is 24.5 Å². The zero-order chi connectivity index (χ0) is 13.1. The van der Waals surface area contributed by atoms with Gasteiger partial charge in [-0.3, -0.25) is 0 Å². The molecule has 1 fully saturated rings. The Morgan fingerprint density at radius 3 is 2.63 bits per heavy atom. The fraction of sp³-hybridized carbons (Fsp3) is 0.400. The molecule has 1 aliphatic rings. The van der Waals surface area contributed by atoms with Crippen LogP contribution in [0.2, 0.25) is 0 Å². The third kappa shape index (κ3) is 2.49.